The molecule has 3 fully saturated rings. The smallest absolute Gasteiger partial charge is 0.0519 e. The molecule has 0 aromatic rings. The van der Waals surface area contributed by atoms with E-state index < -0.39 is 0 Å². The first-order valence-corrected chi connectivity index (χ1v) is 4.94. The molecule has 3 aliphatic rings. The van der Waals surface area contributed by atoms with Crippen LogP contribution in [-0.4, -0.2) is 13.2 Å². The normalized spacial score (nSPS) is 50.9. The van der Waals surface area contributed by atoms with E-state index in [1.54, 1.807) is 0 Å². The van der Waals surface area contributed by atoms with Gasteiger partial charge in [0.2, 0.25) is 0 Å². The van der Waals surface area contributed by atoms with Crippen molar-refractivity contribution in [2.24, 2.45) is 29.6 Å². The summed E-state index contributed by atoms with van der Waals surface area (Å²) in [6, 6.07) is 0. The summed E-state index contributed by atoms with van der Waals surface area (Å²) in [5.74, 6) is 7.21. The molecule has 1 nitrogen and oxygen atoms in total. The Kier molecular flexibility index (Phi) is 1.32. The predicted octanol–water partition coefficient (Wildman–Crippen LogP) is 1.54. The summed E-state index contributed by atoms with van der Waals surface area (Å²) in [6.45, 7) is 2.04. The molecule has 0 N–H and O–H groups in total. The molecule has 0 spiro atoms. The van der Waals surface area contributed by atoms with Crippen LogP contribution < -0.4 is 0 Å². The Hall–Kier alpha value is -0.480. The Bertz CT molecular complexity index is 224. The molecule has 0 aromatic carbocycles. The summed E-state index contributed by atoms with van der Waals surface area (Å²) in [5.41, 5.74) is 0. The summed E-state index contributed by atoms with van der Waals surface area (Å²) < 4.78 is 5.21. The van der Waals surface area contributed by atoms with Crippen LogP contribution in [0, 0.1) is 41.9 Å². The molecule has 12 heavy (non-hydrogen) atoms. The van der Waals surface area contributed by atoms with E-state index in [0.29, 0.717) is 5.92 Å². The van der Waals surface area contributed by atoms with E-state index in [2.05, 4.69) is 5.92 Å². The van der Waals surface area contributed by atoms with E-state index in [0.717, 1.165) is 36.9 Å². The van der Waals surface area contributed by atoms with Crippen LogP contribution in [0.5, 0.6) is 0 Å². The summed E-state index contributed by atoms with van der Waals surface area (Å²) in [7, 11) is 0. The Labute approximate surface area is 73.5 Å². The second-order valence-corrected chi connectivity index (χ2v) is 4.55. The van der Waals surface area contributed by atoms with Gasteiger partial charge in [-0.3, -0.25) is 0 Å². The third-order valence-electron chi connectivity index (χ3n) is 4.00. The van der Waals surface area contributed by atoms with E-state index in [-0.39, 0.29) is 0 Å². The molecular formula is C11H14O. The zero-order valence-corrected chi connectivity index (χ0v) is 7.20. The first kappa shape index (κ1) is 6.97. The summed E-state index contributed by atoms with van der Waals surface area (Å²) in [4.78, 5) is 0. The van der Waals surface area contributed by atoms with Crippen LogP contribution in [0.1, 0.15) is 12.8 Å². The minimum absolute atomic E-state index is 0.655. The Balaban J connectivity index is 1.59. The maximum Gasteiger partial charge on any atom is 0.0519 e. The number of rotatable bonds is 1. The monoisotopic (exact) mass is 162 g/mol. The number of hydrogen-bond donors (Lipinski definition) is 0. The second kappa shape index (κ2) is 2.26. The molecule has 1 saturated heterocycles. The van der Waals surface area contributed by atoms with Gasteiger partial charge in [-0.05, 0) is 30.6 Å². The van der Waals surface area contributed by atoms with Gasteiger partial charge in [-0.15, -0.1) is 12.3 Å². The fraction of sp³-hybridized carbons (Fsp3) is 0.818. The van der Waals surface area contributed by atoms with E-state index >= 15 is 0 Å². The Morgan fingerprint density at radius 2 is 1.75 bits per heavy atom. The molecule has 2 unspecified atom stereocenters. The number of terminal acetylenes is 1. The fourth-order valence-corrected chi connectivity index (χ4v) is 3.04. The molecule has 3 rings (SSSR count). The first-order chi connectivity index (χ1) is 5.90. The van der Waals surface area contributed by atoms with Crippen molar-refractivity contribution >= 4 is 0 Å². The zero-order valence-electron chi connectivity index (χ0n) is 7.20. The van der Waals surface area contributed by atoms with Gasteiger partial charge in [0, 0.05) is 11.8 Å². The molecule has 4 atom stereocenters. The maximum atomic E-state index is 5.42. The molecule has 64 valence electrons. The average molecular weight is 162 g/mol. The van der Waals surface area contributed by atoms with Crippen molar-refractivity contribution in [1.29, 1.82) is 0 Å². The predicted molar refractivity (Wildman–Crippen MR) is 46.3 cm³/mol. The van der Waals surface area contributed by atoms with Gasteiger partial charge in [-0.1, -0.05) is 0 Å². The van der Waals surface area contributed by atoms with Gasteiger partial charge in [0.25, 0.3) is 0 Å². The molecule has 1 aliphatic heterocycles. The highest BCUT2D eigenvalue weighted by molar-refractivity contribution is 5.17. The topological polar surface area (TPSA) is 9.23 Å². The lowest BCUT2D eigenvalue weighted by Crippen LogP contribution is -2.34. The average Bonchev–Trinajstić information content (AvgIpc) is 2.42. The lowest BCUT2D eigenvalue weighted by Gasteiger charge is -2.32. The van der Waals surface area contributed by atoms with Gasteiger partial charge in [-0.2, -0.15) is 0 Å². The molecule has 0 amide bonds. The highest BCUT2D eigenvalue weighted by atomic mass is 16.5. The number of fused-ring (bicyclic) bond motifs is 1. The molecular weight excluding hydrogens is 148 g/mol. The van der Waals surface area contributed by atoms with Gasteiger partial charge in [-0.25, -0.2) is 0 Å². The molecule has 1 heterocycles. The quantitative estimate of drug-likeness (QED) is 0.531. The highest BCUT2D eigenvalue weighted by Gasteiger charge is 2.56. The summed E-state index contributed by atoms with van der Waals surface area (Å²) in [5, 5.41) is 0. The summed E-state index contributed by atoms with van der Waals surface area (Å²) in [6.07, 6.45) is 8.21. The van der Waals surface area contributed by atoms with Crippen molar-refractivity contribution in [2.45, 2.75) is 12.8 Å². The third kappa shape index (κ3) is 0.793. The van der Waals surface area contributed by atoms with Crippen molar-refractivity contribution in [3.05, 3.63) is 0 Å². The van der Waals surface area contributed by atoms with Crippen molar-refractivity contribution < 1.29 is 4.74 Å². The van der Waals surface area contributed by atoms with E-state index in [9.17, 15) is 0 Å². The van der Waals surface area contributed by atoms with Gasteiger partial charge in [0.05, 0.1) is 13.2 Å². The van der Waals surface area contributed by atoms with Crippen LogP contribution in [-0.2, 0) is 4.74 Å². The van der Waals surface area contributed by atoms with Gasteiger partial charge in [0.1, 0.15) is 0 Å². The maximum absolute atomic E-state index is 5.42. The SMILES string of the molecule is C#CC1[C@H]2CC(C3COC3)C[C@@H]12. The van der Waals surface area contributed by atoms with Crippen LogP contribution in [0.4, 0.5) is 0 Å². The van der Waals surface area contributed by atoms with E-state index in [1.165, 1.54) is 12.8 Å². The molecule has 2 saturated carbocycles. The standard InChI is InChI=1S/C11H14O/c1-2-9-10-3-7(4-11(9)10)8-5-12-6-8/h1,7-11H,3-6H2/t7?,9?,10-,11+. The van der Waals surface area contributed by atoms with Crippen molar-refractivity contribution in [3.8, 4) is 12.3 Å². The molecule has 1 heteroatoms. The fourth-order valence-electron chi connectivity index (χ4n) is 3.04. The van der Waals surface area contributed by atoms with Crippen LogP contribution in [0.25, 0.3) is 0 Å². The van der Waals surface area contributed by atoms with Gasteiger partial charge in [0.15, 0.2) is 0 Å². The largest absolute Gasteiger partial charge is 0.381 e. The van der Waals surface area contributed by atoms with Gasteiger partial charge >= 0.3 is 0 Å². The lowest BCUT2D eigenvalue weighted by atomic mass is 9.86. The van der Waals surface area contributed by atoms with Crippen LogP contribution >= 0.6 is 0 Å². The third-order valence-corrected chi connectivity index (χ3v) is 4.00. The van der Waals surface area contributed by atoms with E-state index in [1.807, 2.05) is 0 Å². The van der Waals surface area contributed by atoms with Crippen molar-refractivity contribution in [3.63, 3.8) is 0 Å². The van der Waals surface area contributed by atoms with Crippen LogP contribution in [0.15, 0.2) is 0 Å². The molecule has 0 aromatic heterocycles. The van der Waals surface area contributed by atoms with Crippen molar-refractivity contribution in [1.82, 2.24) is 0 Å². The minimum Gasteiger partial charge on any atom is -0.381 e. The number of hydrogen-bond acceptors (Lipinski definition) is 1. The molecule has 2 aliphatic carbocycles. The summed E-state index contributed by atoms with van der Waals surface area (Å²) >= 11 is 0. The highest BCUT2D eigenvalue weighted by Crippen LogP contribution is 2.61. The zero-order chi connectivity index (χ0) is 8.13. The number of ether oxygens (including phenoxy) is 1. The van der Waals surface area contributed by atoms with Crippen molar-refractivity contribution in [2.75, 3.05) is 13.2 Å². The second-order valence-electron chi connectivity index (χ2n) is 4.55. The van der Waals surface area contributed by atoms with E-state index in [4.69, 9.17) is 11.2 Å². The minimum atomic E-state index is 0.655. The molecule has 0 radical (unpaired) electrons. The van der Waals surface area contributed by atoms with Crippen LogP contribution in [0.2, 0.25) is 0 Å². The Morgan fingerprint density at radius 1 is 1.08 bits per heavy atom. The Morgan fingerprint density at radius 3 is 2.17 bits per heavy atom. The van der Waals surface area contributed by atoms with Crippen LogP contribution in [0.3, 0.4) is 0 Å². The first-order valence-electron chi connectivity index (χ1n) is 4.94. The molecule has 0 bridgehead atoms. The van der Waals surface area contributed by atoms with Gasteiger partial charge < -0.3 is 4.74 Å². The lowest BCUT2D eigenvalue weighted by molar-refractivity contribution is -0.0619.